The third-order valence-electron chi connectivity index (χ3n) is 4.29. The molecule has 0 fully saturated rings. The molecule has 0 aliphatic heterocycles. The summed E-state index contributed by atoms with van der Waals surface area (Å²) < 4.78 is 0. The van der Waals surface area contributed by atoms with Crippen LogP contribution in [0.3, 0.4) is 0 Å². The van der Waals surface area contributed by atoms with Crippen LogP contribution < -0.4 is 5.32 Å². The Morgan fingerprint density at radius 2 is 1.42 bits per heavy atom. The number of amides is 1. The van der Waals surface area contributed by atoms with E-state index in [0.29, 0.717) is 11.1 Å². The first-order valence-corrected chi connectivity index (χ1v) is 8.22. The lowest BCUT2D eigenvalue weighted by molar-refractivity contribution is -0.385. The van der Waals surface area contributed by atoms with Crippen LogP contribution in [0.1, 0.15) is 33.1 Å². The van der Waals surface area contributed by atoms with Crippen LogP contribution in [0.2, 0.25) is 0 Å². The van der Waals surface area contributed by atoms with Gasteiger partial charge in [0, 0.05) is 17.2 Å². The van der Waals surface area contributed by atoms with Crippen LogP contribution in [-0.2, 0) is 0 Å². The molecule has 0 unspecified atom stereocenters. The van der Waals surface area contributed by atoms with Crippen molar-refractivity contribution in [2.24, 2.45) is 0 Å². The van der Waals surface area contributed by atoms with Gasteiger partial charge in [-0.2, -0.15) is 0 Å². The summed E-state index contributed by atoms with van der Waals surface area (Å²) in [5, 5.41) is 14.1. The standard InChI is InChI=1S/C21H18N2O3/c1-15-18(13-8-14-19(15)23(25)26)21(24)22-20(16-9-4-2-5-10-16)17-11-6-3-7-12-17/h2-14,20H,1H3,(H,22,24). The normalized spacial score (nSPS) is 10.5. The van der Waals surface area contributed by atoms with E-state index in [0.717, 1.165) is 11.1 Å². The molecule has 0 spiro atoms. The third kappa shape index (κ3) is 3.62. The van der Waals surface area contributed by atoms with Gasteiger partial charge in [0.1, 0.15) is 0 Å². The van der Waals surface area contributed by atoms with Gasteiger partial charge in [-0.3, -0.25) is 14.9 Å². The third-order valence-corrected chi connectivity index (χ3v) is 4.29. The number of hydrogen-bond acceptors (Lipinski definition) is 3. The van der Waals surface area contributed by atoms with E-state index in [-0.39, 0.29) is 17.6 Å². The van der Waals surface area contributed by atoms with E-state index in [2.05, 4.69) is 5.32 Å². The zero-order valence-electron chi connectivity index (χ0n) is 14.3. The maximum absolute atomic E-state index is 12.9. The number of rotatable bonds is 5. The summed E-state index contributed by atoms with van der Waals surface area (Å²) >= 11 is 0. The minimum absolute atomic E-state index is 0.0615. The van der Waals surface area contributed by atoms with Gasteiger partial charge in [0.05, 0.1) is 11.0 Å². The fourth-order valence-corrected chi connectivity index (χ4v) is 2.93. The van der Waals surface area contributed by atoms with Crippen molar-refractivity contribution in [3.8, 4) is 0 Å². The molecule has 26 heavy (non-hydrogen) atoms. The average Bonchev–Trinajstić information content (AvgIpc) is 2.67. The second kappa shape index (κ2) is 7.61. The van der Waals surface area contributed by atoms with Crippen molar-refractivity contribution in [2.75, 3.05) is 0 Å². The number of nitrogens with one attached hydrogen (secondary N) is 1. The first kappa shape index (κ1) is 17.4. The Kier molecular flexibility index (Phi) is 5.08. The molecule has 0 saturated carbocycles. The Morgan fingerprint density at radius 1 is 0.885 bits per heavy atom. The predicted octanol–water partition coefficient (Wildman–Crippen LogP) is 4.42. The number of nitrogens with zero attached hydrogens (tertiary/aromatic N) is 1. The molecule has 0 bridgehead atoms. The molecule has 5 nitrogen and oxygen atoms in total. The van der Waals surface area contributed by atoms with E-state index in [1.54, 1.807) is 13.0 Å². The highest BCUT2D eigenvalue weighted by Gasteiger charge is 2.22. The topological polar surface area (TPSA) is 72.2 Å². The Bertz CT molecular complexity index is 885. The molecule has 0 radical (unpaired) electrons. The first-order chi connectivity index (χ1) is 12.6. The van der Waals surface area contributed by atoms with Gasteiger partial charge in [-0.25, -0.2) is 0 Å². The van der Waals surface area contributed by atoms with Gasteiger partial charge in [-0.05, 0) is 24.1 Å². The summed E-state index contributed by atoms with van der Waals surface area (Å²) in [5.74, 6) is -0.344. The summed E-state index contributed by atoms with van der Waals surface area (Å²) in [6, 6.07) is 23.4. The number of nitro benzene ring substituents is 1. The average molecular weight is 346 g/mol. The van der Waals surface area contributed by atoms with E-state index in [9.17, 15) is 14.9 Å². The lowest BCUT2D eigenvalue weighted by Gasteiger charge is -2.20. The van der Waals surface area contributed by atoms with Gasteiger partial charge in [-0.1, -0.05) is 66.7 Å². The molecule has 0 aliphatic rings. The van der Waals surface area contributed by atoms with Crippen LogP contribution in [0.5, 0.6) is 0 Å². The molecule has 1 N–H and O–H groups in total. The second-order valence-corrected chi connectivity index (χ2v) is 5.93. The summed E-state index contributed by atoms with van der Waals surface area (Å²) in [5.41, 5.74) is 2.48. The number of benzene rings is 3. The van der Waals surface area contributed by atoms with Crippen molar-refractivity contribution < 1.29 is 9.72 Å². The van der Waals surface area contributed by atoms with Crippen LogP contribution in [0, 0.1) is 17.0 Å². The Labute approximate surface area is 151 Å². The highest BCUT2D eigenvalue weighted by molar-refractivity contribution is 5.97. The molecule has 130 valence electrons. The maximum atomic E-state index is 12.9. The monoisotopic (exact) mass is 346 g/mol. The molecule has 0 aliphatic carbocycles. The molecule has 5 heteroatoms. The van der Waals surface area contributed by atoms with Gasteiger partial charge in [-0.15, -0.1) is 0 Å². The van der Waals surface area contributed by atoms with Crippen molar-refractivity contribution in [3.05, 3.63) is 111 Å². The molecular formula is C21H18N2O3. The predicted molar refractivity (Wildman–Crippen MR) is 100 cm³/mol. The zero-order chi connectivity index (χ0) is 18.5. The molecular weight excluding hydrogens is 328 g/mol. The van der Waals surface area contributed by atoms with Crippen LogP contribution in [-0.4, -0.2) is 10.8 Å². The number of hydrogen-bond donors (Lipinski definition) is 1. The van der Waals surface area contributed by atoms with Crippen LogP contribution in [0.4, 0.5) is 5.69 Å². The highest BCUT2D eigenvalue weighted by Crippen LogP contribution is 2.25. The fraction of sp³-hybridized carbons (Fsp3) is 0.0952. The highest BCUT2D eigenvalue weighted by atomic mass is 16.6. The summed E-state index contributed by atoms with van der Waals surface area (Å²) in [6.07, 6.45) is 0. The molecule has 0 saturated heterocycles. The number of carbonyl (C=O) groups excluding carboxylic acids is 1. The van der Waals surface area contributed by atoms with Crippen LogP contribution in [0.25, 0.3) is 0 Å². The zero-order valence-corrected chi connectivity index (χ0v) is 14.3. The summed E-state index contributed by atoms with van der Waals surface area (Å²) in [7, 11) is 0. The number of carbonyl (C=O) groups is 1. The quantitative estimate of drug-likeness (QED) is 0.549. The van der Waals surface area contributed by atoms with Gasteiger partial charge < -0.3 is 5.32 Å². The Morgan fingerprint density at radius 3 is 1.92 bits per heavy atom. The molecule has 1 amide bonds. The lowest BCUT2D eigenvalue weighted by Crippen LogP contribution is -2.30. The van der Waals surface area contributed by atoms with Gasteiger partial charge in [0.15, 0.2) is 0 Å². The van der Waals surface area contributed by atoms with E-state index >= 15 is 0 Å². The second-order valence-electron chi connectivity index (χ2n) is 5.93. The van der Waals surface area contributed by atoms with E-state index in [4.69, 9.17) is 0 Å². The summed E-state index contributed by atoms with van der Waals surface area (Å²) in [6.45, 7) is 1.59. The Balaban J connectivity index is 1.97. The van der Waals surface area contributed by atoms with E-state index < -0.39 is 4.92 Å². The molecule has 3 aromatic rings. The SMILES string of the molecule is Cc1c(C(=O)NC(c2ccccc2)c2ccccc2)cccc1[N+](=O)[O-]. The van der Waals surface area contributed by atoms with Crippen LogP contribution in [0.15, 0.2) is 78.9 Å². The number of nitro groups is 1. The van der Waals surface area contributed by atoms with Crippen molar-refractivity contribution >= 4 is 11.6 Å². The smallest absolute Gasteiger partial charge is 0.273 e. The van der Waals surface area contributed by atoms with Gasteiger partial charge >= 0.3 is 0 Å². The molecule has 0 atom stereocenters. The molecule has 3 aromatic carbocycles. The molecule has 0 heterocycles. The van der Waals surface area contributed by atoms with Crippen molar-refractivity contribution in [1.29, 1.82) is 0 Å². The minimum atomic E-state index is -0.474. The van der Waals surface area contributed by atoms with Crippen molar-refractivity contribution in [1.82, 2.24) is 5.32 Å². The first-order valence-electron chi connectivity index (χ1n) is 8.22. The van der Waals surface area contributed by atoms with E-state index in [1.165, 1.54) is 12.1 Å². The fourth-order valence-electron chi connectivity index (χ4n) is 2.93. The van der Waals surface area contributed by atoms with Gasteiger partial charge in [0.2, 0.25) is 0 Å². The summed E-state index contributed by atoms with van der Waals surface area (Å²) in [4.78, 5) is 23.5. The van der Waals surface area contributed by atoms with E-state index in [1.807, 2.05) is 60.7 Å². The largest absolute Gasteiger partial charge is 0.341 e. The van der Waals surface area contributed by atoms with Crippen LogP contribution >= 0.6 is 0 Å². The van der Waals surface area contributed by atoms with Crippen molar-refractivity contribution in [3.63, 3.8) is 0 Å². The van der Waals surface area contributed by atoms with Crippen molar-refractivity contribution in [2.45, 2.75) is 13.0 Å². The Hall–Kier alpha value is -3.47. The van der Waals surface area contributed by atoms with Gasteiger partial charge in [0.25, 0.3) is 11.6 Å². The molecule has 3 rings (SSSR count). The lowest BCUT2D eigenvalue weighted by atomic mass is 9.97. The maximum Gasteiger partial charge on any atom is 0.273 e. The molecule has 0 aromatic heterocycles. The minimum Gasteiger partial charge on any atom is -0.341 e.